The Morgan fingerprint density at radius 1 is 1.27 bits per heavy atom. The van der Waals surface area contributed by atoms with Crippen LogP contribution in [0.4, 0.5) is 0 Å². The zero-order valence-corrected chi connectivity index (χ0v) is 8.09. The minimum atomic E-state index is 0.685. The molecule has 1 aliphatic heterocycles. The molecule has 1 N–H and O–H groups in total. The maximum atomic E-state index is 3.30. The fourth-order valence-corrected chi connectivity index (χ4v) is 1.52. The maximum Gasteiger partial charge on any atom is 0.00884 e. The summed E-state index contributed by atoms with van der Waals surface area (Å²) in [5.74, 6) is 0.877. The average molecular weight is 156 g/mol. The van der Waals surface area contributed by atoms with Crippen LogP contribution in [0, 0.1) is 5.92 Å². The van der Waals surface area contributed by atoms with Crippen molar-refractivity contribution in [3.05, 3.63) is 0 Å². The molecule has 0 aromatic rings. The number of nitrogens with one attached hydrogen (secondary N) is 1. The molecule has 0 spiro atoms. The predicted octanol–water partition coefficient (Wildman–Crippen LogP) is 0.934. The maximum absolute atomic E-state index is 3.30. The van der Waals surface area contributed by atoms with Crippen molar-refractivity contribution in [2.45, 2.75) is 32.9 Å². The molecule has 2 nitrogen and oxygen atoms in total. The summed E-state index contributed by atoms with van der Waals surface area (Å²) in [7, 11) is 2.04. The van der Waals surface area contributed by atoms with E-state index in [1.54, 1.807) is 0 Å². The van der Waals surface area contributed by atoms with E-state index < -0.39 is 0 Å². The Labute approximate surface area is 70.0 Å². The van der Waals surface area contributed by atoms with Gasteiger partial charge in [0.25, 0.3) is 0 Å². The molecule has 2 heteroatoms. The highest BCUT2D eigenvalue weighted by Gasteiger charge is 2.31. The van der Waals surface area contributed by atoms with Crippen LogP contribution in [-0.2, 0) is 0 Å². The van der Waals surface area contributed by atoms with Crippen LogP contribution in [0.5, 0.6) is 0 Å². The Kier molecular flexibility index (Phi) is 2.90. The molecule has 1 aliphatic rings. The first kappa shape index (κ1) is 9.01. The van der Waals surface area contributed by atoms with Crippen molar-refractivity contribution in [3.8, 4) is 0 Å². The second-order valence-corrected chi connectivity index (χ2v) is 3.89. The molecule has 66 valence electrons. The molecule has 1 unspecified atom stereocenters. The highest BCUT2D eigenvalue weighted by molar-refractivity contribution is 4.87. The molecule has 0 saturated carbocycles. The lowest BCUT2D eigenvalue weighted by molar-refractivity contribution is 0.0495. The van der Waals surface area contributed by atoms with Crippen LogP contribution in [0.3, 0.4) is 0 Å². The third kappa shape index (κ3) is 1.94. The SMILES string of the molecule is CNC(C)C1CN(C(C)C)C1. The molecule has 0 aliphatic carbocycles. The largest absolute Gasteiger partial charge is 0.317 e. The fourth-order valence-electron chi connectivity index (χ4n) is 1.52. The average Bonchev–Trinajstić information content (AvgIpc) is 1.83. The number of hydrogen-bond donors (Lipinski definition) is 1. The molecular weight excluding hydrogens is 136 g/mol. The highest BCUT2D eigenvalue weighted by atomic mass is 15.2. The molecule has 0 radical (unpaired) electrons. The van der Waals surface area contributed by atoms with E-state index in [-0.39, 0.29) is 0 Å². The quantitative estimate of drug-likeness (QED) is 0.654. The Morgan fingerprint density at radius 3 is 2.18 bits per heavy atom. The Hall–Kier alpha value is -0.0800. The summed E-state index contributed by atoms with van der Waals surface area (Å²) in [5, 5.41) is 3.30. The summed E-state index contributed by atoms with van der Waals surface area (Å²) in [6, 6.07) is 1.42. The van der Waals surface area contributed by atoms with Crippen LogP contribution in [0.15, 0.2) is 0 Å². The van der Waals surface area contributed by atoms with E-state index in [4.69, 9.17) is 0 Å². The lowest BCUT2D eigenvalue weighted by Crippen LogP contribution is -2.56. The van der Waals surface area contributed by atoms with E-state index in [0.717, 1.165) is 12.0 Å². The van der Waals surface area contributed by atoms with E-state index in [9.17, 15) is 0 Å². The number of nitrogens with zero attached hydrogens (tertiary/aromatic N) is 1. The Morgan fingerprint density at radius 2 is 1.82 bits per heavy atom. The molecule has 0 amide bonds. The molecule has 0 bridgehead atoms. The minimum absolute atomic E-state index is 0.685. The van der Waals surface area contributed by atoms with Gasteiger partial charge < -0.3 is 10.2 Å². The molecule has 1 fully saturated rings. The molecule has 1 atom stereocenters. The topological polar surface area (TPSA) is 15.3 Å². The summed E-state index contributed by atoms with van der Waals surface area (Å²) < 4.78 is 0. The molecular formula is C9H20N2. The lowest BCUT2D eigenvalue weighted by Gasteiger charge is -2.44. The molecule has 1 rings (SSSR count). The van der Waals surface area contributed by atoms with Gasteiger partial charge in [0.1, 0.15) is 0 Å². The third-order valence-corrected chi connectivity index (χ3v) is 2.83. The summed E-state index contributed by atoms with van der Waals surface area (Å²) in [4.78, 5) is 2.51. The van der Waals surface area contributed by atoms with Gasteiger partial charge in [-0.05, 0) is 33.7 Å². The zero-order valence-electron chi connectivity index (χ0n) is 8.09. The predicted molar refractivity (Wildman–Crippen MR) is 48.7 cm³/mol. The van der Waals surface area contributed by atoms with Crippen molar-refractivity contribution in [3.63, 3.8) is 0 Å². The van der Waals surface area contributed by atoms with Gasteiger partial charge in [-0.1, -0.05) is 0 Å². The van der Waals surface area contributed by atoms with Gasteiger partial charge in [-0.2, -0.15) is 0 Å². The summed E-state index contributed by atoms with van der Waals surface area (Å²) in [6.45, 7) is 9.35. The summed E-state index contributed by atoms with van der Waals surface area (Å²) >= 11 is 0. The van der Waals surface area contributed by atoms with Crippen molar-refractivity contribution in [1.82, 2.24) is 10.2 Å². The van der Waals surface area contributed by atoms with Crippen molar-refractivity contribution >= 4 is 0 Å². The molecule has 11 heavy (non-hydrogen) atoms. The van der Waals surface area contributed by atoms with Gasteiger partial charge in [0.2, 0.25) is 0 Å². The van der Waals surface area contributed by atoms with Crippen LogP contribution < -0.4 is 5.32 Å². The minimum Gasteiger partial charge on any atom is -0.317 e. The van der Waals surface area contributed by atoms with E-state index in [0.29, 0.717) is 6.04 Å². The number of hydrogen-bond acceptors (Lipinski definition) is 2. The Bertz CT molecular complexity index is 117. The van der Waals surface area contributed by atoms with Crippen molar-refractivity contribution < 1.29 is 0 Å². The van der Waals surface area contributed by atoms with Crippen molar-refractivity contribution in [2.24, 2.45) is 5.92 Å². The third-order valence-electron chi connectivity index (χ3n) is 2.83. The first-order valence-corrected chi connectivity index (χ1v) is 4.56. The highest BCUT2D eigenvalue weighted by Crippen LogP contribution is 2.20. The van der Waals surface area contributed by atoms with Gasteiger partial charge in [0, 0.05) is 25.2 Å². The van der Waals surface area contributed by atoms with Crippen LogP contribution in [0.25, 0.3) is 0 Å². The number of rotatable bonds is 3. The standard InChI is InChI=1S/C9H20N2/c1-7(2)11-5-9(6-11)8(3)10-4/h7-10H,5-6H2,1-4H3. The molecule has 0 aromatic carbocycles. The van der Waals surface area contributed by atoms with Crippen molar-refractivity contribution in [2.75, 3.05) is 20.1 Å². The van der Waals surface area contributed by atoms with E-state index in [1.807, 2.05) is 7.05 Å². The zero-order chi connectivity index (χ0) is 8.43. The van der Waals surface area contributed by atoms with Crippen molar-refractivity contribution in [1.29, 1.82) is 0 Å². The van der Waals surface area contributed by atoms with E-state index in [1.165, 1.54) is 13.1 Å². The Balaban J connectivity index is 2.18. The smallest absolute Gasteiger partial charge is 0.00884 e. The lowest BCUT2D eigenvalue weighted by atomic mass is 9.91. The molecule has 0 aromatic heterocycles. The van der Waals surface area contributed by atoms with Gasteiger partial charge in [0.05, 0.1) is 0 Å². The second kappa shape index (κ2) is 3.55. The van der Waals surface area contributed by atoms with E-state index >= 15 is 0 Å². The van der Waals surface area contributed by atoms with Crippen LogP contribution in [-0.4, -0.2) is 37.1 Å². The van der Waals surface area contributed by atoms with Gasteiger partial charge in [-0.15, -0.1) is 0 Å². The molecule has 1 saturated heterocycles. The van der Waals surface area contributed by atoms with Crippen LogP contribution in [0.2, 0.25) is 0 Å². The monoisotopic (exact) mass is 156 g/mol. The van der Waals surface area contributed by atoms with E-state index in [2.05, 4.69) is 31.0 Å². The first-order chi connectivity index (χ1) is 5.15. The van der Waals surface area contributed by atoms with Gasteiger partial charge in [-0.3, -0.25) is 0 Å². The summed E-state index contributed by atoms with van der Waals surface area (Å²) in [6.07, 6.45) is 0. The van der Waals surface area contributed by atoms with Gasteiger partial charge in [0.15, 0.2) is 0 Å². The van der Waals surface area contributed by atoms with Crippen LogP contribution >= 0.6 is 0 Å². The normalized spacial score (nSPS) is 23.7. The fraction of sp³-hybridized carbons (Fsp3) is 1.00. The van der Waals surface area contributed by atoms with Gasteiger partial charge >= 0.3 is 0 Å². The molecule has 1 heterocycles. The van der Waals surface area contributed by atoms with Crippen LogP contribution in [0.1, 0.15) is 20.8 Å². The number of likely N-dealkylation sites (tertiary alicyclic amines) is 1. The summed E-state index contributed by atoms with van der Waals surface area (Å²) in [5.41, 5.74) is 0. The van der Waals surface area contributed by atoms with Gasteiger partial charge in [-0.25, -0.2) is 0 Å². The second-order valence-electron chi connectivity index (χ2n) is 3.89. The first-order valence-electron chi connectivity index (χ1n) is 4.56.